The van der Waals surface area contributed by atoms with Crippen LogP contribution < -0.4 is 10.1 Å². The molecule has 1 N–H and O–H groups in total. The van der Waals surface area contributed by atoms with E-state index in [4.69, 9.17) is 9.47 Å². The number of rotatable bonds is 6. The summed E-state index contributed by atoms with van der Waals surface area (Å²) in [5.41, 5.74) is 0.686. The summed E-state index contributed by atoms with van der Waals surface area (Å²) in [5.74, 6) is 0.885. The van der Waals surface area contributed by atoms with Crippen molar-refractivity contribution in [1.29, 1.82) is 0 Å². The molecule has 1 aliphatic rings. The van der Waals surface area contributed by atoms with Crippen LogP contribution in [0.15, 0.2) is 30.5 Å². The van der Waals surface area contributed by atoms with Crippen molar-refractivity contribution in [2.45, 2.75) is 32.3 Å². The first-order valence-electron chi connectivity index (χ1n) is 7.97. The highest BCUT2D eigenvalue weighted by Gasteiger charge is 2.48. The Morgan fingerprint density at radius 1 is 1.39 bits per heavy atom. The number of amides is 1. The third kappa shape index (κ3) is 2.88. The number of pyridine rings is 1. The first-order valence-corrected chi connectivity index (χ1v) is 7.97. The molecule has 1 fully saturated rings. The van der Waals surface area contributed by atoms with Gasteiger partial charge in [-0.1, -0.05) is 0 Å². The molecule has 23 heavy (non-hydrogen) atoms. The molecule has 1 aromatic carbocycles. The van der Waals surface area contributed by atoms with E-state index < -0.39 is 5.60 Å². The van der Waals surface area contributed by atoms with Gasteiger partial charge in [0.25, 0.3) is 5.91 Å². The average molecular weight is 314 g/mol. The predicted molar refractivity (Wildman–Crippen MR) is 89.7 cm³/mol. The van der Waals surface area contributed by atoms with E-state index >= 15 is 0 Å². The Bertz CT molecular complexity index is 727. The lowest BCUT2D eigenvalue weighted by Gasteiger charge is -2.28. The second-order valence-corrected chi connectivity index (χ2v) is 5.98. The van der Waals surface area contributed by atoms with Gasteiger partial charge in [-0.05, 0) is 56.9 Å². The Kier molecular flexibility index (Phi) is 4.22. The molecule has 0 radical (unpaired) electrons. The number of hydrogen-bond donors (Lipinski definition) is 1. The number of anilines is 1. The SMILES string of the molecule is CCO[C@@](C)(C(=O)Nc1ccc(OC)c2ncccc12)C1CC1. The van der Waals surface area contributed by atoms with Crippen LogP contribution in [0.3, 0.4) is 0 Å². The van der Waals surface area contributed by atoms with Crippen molar-refractivity contribution in [3.63, 3.8) is 0 Å². The van der Waals surface area contributed by atoms with Crippen molar-refractivity contribution >= 4 is 22.5 Å². The number of carbonyl (C=O) groups is 1. The molecule has 1 aromatic heterocycles. The fourth-order valence-corrected chi connectivity index (χ4v) is 2.97. The van der Waals surface area contributed by atoms with Crippen molar-refractivity contribution in [2.75, 3.05) is 19.0 Å². The van der Waals surface area contributed by atoms with Gasteiger partial charge in [0.2, 0.25) is 0 Å². The predicted octanol–water partition coefficient (Wildman–Crippen LogP) is 3.39. The van der Waals surface area contributed by atoms with E-state index in [9.17, 15) is 4.79 Å². The van der Waals surface area contributed by atoms with Crippen molar-refractivity contribution in [1.82, 2.24) is 4.98 Å². The molecule has 1 aliphatic carbocycles. The zero-order valence-corrected chi connectivity index (χ0v) is 13.8. The fraction of sp³-hybridized carbons (Fsp3) is 0.444. The molecule has 0 aliphatic heterocycles. The minimum atomic E-state index is -0.775. The van der Waals surface area contributed by atoms with E-state index in [-0.39, 0.29) is 5.91 Å². The van der Waals surface area contributed by atoms with Crippen molar-refractivity contribution in [3.05, 3.63) is 30.5 Å². The maximum absolute atomic E-state index is 12.8. The van der Waals surface area contributed by atoms with Crippen LogP contribution >= 0.6 is 0 Å². The third-order valence-corrected chi connectivity index (χ3v) is 4.45. The Balaban J connectivity index is 1.93. The van der Waals surface area contributed by atoms with Gasteiger partial charge in [0, 0.05) is 18.2 Å². The van der Waals surface area contributed by atoms with Crippen LogP contribution in [0.5, 0.6) is 5.75 Å². The molecule has 122 valence electrons. The summed E-state index contributed by atoms with van der Waals surface area (Å²) >= 11 is 0. The van der Waals surface area contributed by atoms with Gasteiger partial charge < -0.3 is 14.8 Å². The summed E-state index contributed by atoms with van der Waals surface area (Å²) in [6, 6.07) is 7.44. The molecule has 2 aromatic rings. The van der Waals surface area contributed by atoms with Crippen LogP contribution in [0, 0.1) is 5.92 Å². The standard InChI is InChI=1S/C18H22N2O3/c1-4-23-18(2,12-7-8-12)17(21)20-14-9-10-15(22-3)16-13(14)6-5-11-19-16/h5-6,9-12H,4,7-8H2,1-3H3,(H,20,21)/t18-/m1/s1. The maximum atomic E-state index is 12.8. The molecule has 5 nitrogen and oxygen atoms in total. The number of ether oxygens (including phenoxy) is 2. The number of hydrogen-bond acceptors (Lipinski definition) is 4. The maximum Gasteiger partial charge on any atom is 0.256 e. The molecule has 0 spiro atoms. The number of nitrogens with zero attached hydrogens (tertiary/aromatic N) is 1. The van der Waals surface area contributed by atoms with Crippen molar-refractivity contribution < 1.29 is 14.3 Å². The third-order valence-electron chi connectivity index (χ3n) is 4.45. The van der Waals surface area contributed by atoms with Crippen LogP contribution in [-0.2, 0) is 9.53 Å². The van der Waals surface area contributed by atoms with Gasteiger partial charge >= 0.3 is 0 Å². The van der Waals surface area contributed by atoms with Crippen LogP contribution in [0.1, 0.15) is 26.7 Å². The first kappa shape index (κ1) is 15.7. The lowest BCUT2D eigenvalue weighted by Crippen LogP contribution is -2.44. The fourth-order valence-electron chi connectivity index (χ4n) is 2.97. The molecule has 0 unspecified atom stereocenters. The van der Waals surface area contributed by atoms with Crippen molar-refractivity contribution in [2.24, 2.45) is 5.92 Å². The Labute approximate surface area is 136 Å². The van der Waals surface area contributed by atoms with Crippen LogP contribution in [-0.4, -0.2) is 30.2 Å². The smallest absolute Gasteiger partial charge is 0.256 e. The molecule has 0 saturated heterocycles. The van der Waals surface area contributed by atoms with Gasteiger partial charge in [0.05, 0.1) is 12.8 Å². The number of fused-ring (bicyclic) bond motifs is 1. The molecule has 1 amide bonds. The molecule has 1 saturated carbocycles. The Hall–Kier alpha value is -2.14. The van der Waals surface area contributed by atoms with E-state index in [1.165, 1.54) is 0 Å². The normalized spacial score (nSPS) is 16.8. The Morgan fingerprint density at radius 2 is 2.17 bits per heavy atom. The topological polar surface area (TPSA) is 60.5 Å². The number of nitrogens with one attached hydrogen (secondary N) is 1. The quantitative estimate of drug-likeness (QED) is 0.888. The molecule has 1 atom stereocenters. The van der Waals surface area contributed by atoms with Gasteiger partial charge in [-0.25, -0.2) is 0 Å². The minimum Gasteiger partial charge on any atom is -0.494 e. The number of methoxy groups -OCH3 is 1. The highest BCUT2D eigenvalue weighted by Crippen LogP contribution is 2.43. The van der Waals surface area contributed by atoms with E-state index in [0.29, 0.717) is 18.3 Å². The zero-order valence-electron chi connectivity index (χ0n) is 13.8. The highest BCUT2D eigenvalue weighted by atomic mass is 16.5. The lowest BCUT2D eigenvalue weighted by atomic mass is 9.98. The number of carbonyl (C=O) groups excluding carboxylic acids is 1. The lowest BCUT2D eigenvalue weighted by molar-refractivity contribution is -0.141. The van der Waals surface area contributed by atoms with E-state index in [1.807, 2.05) is 38.1 Å². The molecule has 0 bridgehead atoms. The minimum absolute atomic E-state index is 0.0998. The van der Waals surface area contributed by atoms with Crippen LogP contribution in [0.4, 0.5) is 5.69 Å². The summed E-state index contributed by atoms with van der Waals surface area (Å²) in [6.07, 6.45) is 3.79. The summed E-state index contributed by atoms with van der Waals surface area (Å²) in [4.78, 5) is 17.2. The van der Waals surface area contributed by atoms with Gasteiger partial charge in [-0.2, -0.15) is 0 Å². The second kappa shape index (κ2) is 6.16. The molecule has 1 heterocycles. The summed E-state index contributed by atoms with van der Waals surface area (Å²) in [7, 11) is 1.61. The number of benzene rings is 1. The zero-order chi connectivity index (χ0) is 16.4. The van der Waals surface area contributed by atoms with Gasteiger partial charge in [0.1, 0.15) is 16.9 Å². The monoisotopic (exact) mass is 314 g/mol. The number of aromatic nitrogens is 1. The second-order valence-electron chi connectivity index (χ2n) is 5.98. The van der Waals surface area contributed by atoms with E-state index in [2.05, 4.69) is 10.3 Å². The van der Waals surface area contributed by atoms with Gasteiger partial charge in [-0.3, -0.25) is 9.78 Å². The summed E-state index contributed by atoms with van der Waals surface area (Å²) < 4.78 is 11.1. The van der Waals surface area contributed by atoms with E-state index in [1.54, 1.807) is 13.3 Å². The van der Waals surface area contributed by atoms with Crippen LogP contribution in [0.25, 0.3) is 10.9 Å². The summed E-state index contributed by atoms with van der Waals surface area (Å²) in [5, 5.41) is 3.88. The van der Waals surface area contributed by atoms with Gasteiger partial charge in [0.15, 0.2) is 0 Å². The van der Waals surface area contributed by atoms with Crippen molar-refractivity contribution in [3.8, 4) is 5.75 Å². The largest absolute Gasteiger partial charge is 0.494 e. The van der Waals surface area contributed by atoms with Crippen LogP contribution in [0.2, 0.25) is 0 Å². The molecular weight excluding hydrogens is 292 g/mol. The summed E-state index contributed by atoms with van der Waals surface area (Å²) in [6.45, 7) is 4.32. The molecule has 5 heteroatoms. The van der Waals surface area contributed by atoms with E-state index in [0.717, 1.165) is 29.4 Å². The molecule has 3 rings (SSSR count). The average Bonchev–Trinajstić information content (AvgIpc) is 3.40. The highest BCUT2D eigenvalue weighted by molar-refractivity contribution is 6.05. The van der Waals surface area contributed by atoms with Gasteiger partial charge in [-0.15, -0.1) is 0 Å². The molecular formula is C18H22N2O3. The Morgan fingerprint density at radius 3 is 2.83 bits per heavy atom. The first-order chi connectivity index (χ1) is 11.1.